The number of nitrogens with zero attached hydrogens (tertiary/aromatic N) is 1. The second kappa shape index (κ2) is 17.6. The van der Waals surface area contributed by atoms with E-state index in [9.17, 15) is 23.1 Å². The van der Waals surface area contributed by atoms with Crippen molar-refractivity contribution < 1.29 is 32.9 Å². The average molecular weight is 519 g/mol. The van der Waals surface area contributed by atoms with Crippen LogP contribution < -0.4 is 10.1 Å². The quantitative estimate of drug-likeness (QED) is 0.198. The molecule has 0 radical (unpaired) electrons. The number of aromatic carboxylic acids is 1. The van der Waals surface area contributed by atoms with Crippen molar-refractivity contribution in [2.45, 2.75) is 110 Å². The van der Waals surface area contributed by atoms with Crippen LogP contribution in [0.4, 0.5) is 13.2 Å². The summed E-state index contributed by atoms with van der Waals surface area (Å²) in [5, 5.41) is 21.4. The van der Waals surface area contributed by atoms with E-state index in [0.29, 0.717) is 17.5 Å². The van der Waals surface area contributed by atoms with Gasteiger partial charge in [-0.1, -0.05) is 71.8 Å². The molecule has 1 saturated carbocycles. The number of aliphatic hydroxyl groups is 1. The molecule has 1 atom stereocenters. The number of carboxylic acid groups (broad SMARTS) is 1. The second-order valence-corrected chi connectivity index (χ2v) is 10.0. The Morgan fingerprint density at radius 1 is 1.11 bits per heavy atom. The van der Waals surface area contributed by atoms with Crippen LogP contribution in [0.25, 0.3) is 0 Å². The number of unbranched alkanes of at least 4 members (excludes halogenated alkanes) is 7. The van der Waals surface area contributed by atoms with Crippen LogP contribution in [0.15, 0.2) is 12.1 Å². The van der Waals surface area contributed by atoms with Gasteiger partial charge in [-0.3, -0.25) is 0 Å². The highest BCUT2D eigenvalue weighted by molar-refractivity contribution is 5.85. The standard InChI is InChI=1S/C16H35NO.C11H10F3NO3/c1-4-5-6-7-8-9-10-11-12-17-16(14-18)13-15(2)3;12-11(13,14)5-18-9-7(6-1-2-6)3-4-8(15-9)10(16)17/h15-18H,4-14H2,1-3H3;3-4,6H,1-2,5H2,(H,16,17)/t16-;/m0./s1. The number of carboxylic acids is 1. The zero-order chi connectivity index (χ0) is 27.0. The minimum atomic E-state index is -4.47. The molecule has 3 N–H and O–H groups in total. The van der Waals surface area contributed by atoms with Crippen molar-refractivity contribution in [3.63, 3.8) is 0 Å². The summed E-state index contributed by atoms with van der Waals surface area (Å²) in [6, 6.07) is 3.05. The van der Waals surface area contributed by atoms with Gasteiger partial charge in [0.05, 0.1) is 6.61 Å². The fraction of sp³-hybridized carbons (Fsp3) is 0.778. The highest BCUT2D eigenvalue weighted by Gasteiger charge is 2.32. The zero-order valence-corrected chi connectivity index (χ0v) is 22.1. The Bertz CT molecular complexity index is 740. The number of aromatic nitrogens is 1. The number of halogens is 3. The molecule has 1 aliphatic carbocycles. The Labute approximate surface area is 214 Å². The van der Waals surface area contributed by atoms with Crippen LogP contribution in [0.1, 0.15) is 113 Å². The van der Waals surface area contributed by atoms with Gasteiger partial charge < -0.3 is 20.3 Å². The lowest BCUT2D eigenvalue weighted by molar-refractivity contribution is -0.154. The van der Waals surface area contributed by atoms with Gasteiger partial charge in [0.25, 0.3) is 0 Å². The topological polar surface area (TPSA) is 91.7 Å². The maximum atomic E-state index is 12.1. The average Bonchev–Trinajstić information content (AvgIpc) is 3.66. The van der Waals surface area contributed by atoms with E-state index < -0.39 is 18.8 Å². The summed E-state index contributed by atoms with van der Waals surface area (Å²) in [5.41, 5.74) is 0.223. The Balaban J connectivity index is 0.000000360. The van der Waals surface area contributed by atoms with Crippen LogP contribution in [-0.4, -0.2) is 53.1 Å². The molecule has 6 nitrogen and oxygen atoms in total. The lowest BCUT2D eigenvalue weighted by Gasteiger charge is -2.18. The molecule has 0 unspecified atom stereocenters. The van der Waals surface area contributed by atoms with E-state index in [0.717, 1.165) is 25.8 Å². The van der Waals surface area contributed by atoms with Crippen molar-refractivity contribution >= 4 is 5.97 Å². The van der Waals surface area contributed by atoms with Crippen molar-refractivity contribution in [3.05, 3.63) is 23.4 Å². The van der Waals surface area contributed by atoms with Crippen molar-refractivity contribution in [3.8, 4) is 5.88 Å². The molecule has 1 aromatic rings. The molecule has 2 rings (SSSR count). The highest BCUT2D eigenvalue weighted by atomic mass is 19.4. The van der Waals surface area contributed by atoms with Gasteiger partial charge >= 0.3 is 12.1 Å². The first-order valence-electron chi connectivity index (χ1n) is 13.3. The van der Waals surface area contributed by atoms with Crippen molar-refractivity contribution in [2.24, 2.45) is 5.92 Å². The summed E-state index contributed by atoms with van der Waals surface area (Å²) in [6.07, 6.45) is 9.24. The molecule has 1 aliphatic rings. The molecule has 0 bridgehead atoms. The van der Waals surface area contributed by atoms with E-state index in [1.807, 2.05) is 0 Å². The first kappa shape index (κ1) is 32.2. The van der Waals surface area contributed by atoms with Crippen LogP contribution in [0, 0.1) is 5.92 Å². The third kappa shape index (κ3) is 15.3. The van der Waals surface area contributed by atoms with Gasteiger partial charge in [0, 0.05) is 11.6 Å². The molecule has 208 valence electrons. The minimum absolute atomic E-state index is 0.128. The summed E-state index contributed by atoms with van der Waals surface area (Å²) in [6.45, 7) is 6.55. The number of ether oxygens (including phenoxy) is 1. The van der Waals surface area contributed by atoms with E-state index in [-0.39, 0.29) is 24.1 Å². The van der Waals surface area contributed by atoms with Gasteiger partial charge in [0.1, 0.15) is 0 Å². The minimum Gasteiger partial charge on any atom is -0.477 e. The Kier molecular flexibility index (Phi) is 15.7. The molecule has 0 aliphatic heterocycles. The third-order valence-corrected chi connectivity index (χ3v) is 5.94. The van der Waals surface area contributed by atoms with Crippen molar-refractivity contribution in [1.29, 1.82) is 0 Å². The first-order valence-corrected chi connectivity index (χ1v) is 13.3. The van der Waals surface area contributed by atoms with Gasteiger partial charge in [0.2, 0.25) is 5.88 Å². The van der Waals surface area contributed by atoms with Crippen molar-refractivity contribution in [1.82, 2.24) is 10.3 Å². The van der Waals surface area contributed by atoms with Crippen LogP contribution in [-0.2, 0) is 0 Å². The van der Waals surface area contributed by atoms with Gasteiger partial charge in [-0.15, -0.1) is 0 Å². The molecule has 1 heterocycles. The first-order chi connectivity index (χ1) is 17.1. The fourth-order valence-corrected chi connectivity index (χ4v) is 3.90. The summed E-state index contributed by atoms with van der Waals surface area (Å²) < 4.78 is 40.8. The number of hydrogen-bond acceptors (Lipinski definition) is 5. The second-order valence-electron chi connectivity index (χ2n) is 10.0. The SMILES string of the molecule is CCCCCCCCCCN[C@H](CO)CC(C)C.O=C(O)c1ccc(C2CC2)c(OCC(F)(F)F)n1. The summed E-state index contributed by atoms with van der Waals surface area (Å²) in [4.78, 5) is 14.3. The molecule has 1 fully saturated rings. The van der Waals surface area contributed by atoms with Crippen LogP contribution in [0.5, 0.6) is 5.88 Å². The van der Waals surface area contributed by atoms with Crippen LogP contribution in [0.2, 0.25) is 0 Å². The van der Waals surface area contributed by atoms with E-state index in [4.69, 9.17) is 5.11 Å². The number of hydrogen-bond donors (Lipinski definition) is 3. The number of carbonyl (C=O) groups is 1. The largest absolute Gasteiger partial charge is 0.477 e. The van der Waals surface area contributed by atoms with Gasteiger partial charge in [-0.25, -0.2) is 9.78 Å². The highest BCUT2D eigenvalue weighted by Crippen LogP contribution is 2.43. The molecular formula is C27H45F3N2O4. The number of pyridine rings is 1. The Morgan fingerprint density at radius 3 is 2.22 bits per heavy atom. The smallest absolute Gasteiger partial charge is 0.422 e. The molecule has 0 amide bonds. The predicted molar refractivity (Wildman–Crippen MR) is 136 cm³/mol. The monoisotopic (exact) mass is 518 g/mol. The molecule has 36 heavy (non-hydrogen) atoms. The number of nitrogens with one attached hydrogen (secondary N) is 1. The number of rotatable bonds is 17. The number of aliphatic hydroxyl groups excluding tert-OH is 1. The van der Waals surface area contributed by atoms with E-state index in [2.05, 4.69) is 35.8 Å². The Hall–Kier alpha value is -1.87. The van der Waals surface area contributed by atoms with E-state index in [1.54, 1.807) is 0 Å². The van der Waals surface area contributed by atoms with Gasteiger partial charge in [0.15, 0.2) is 12.3 Å². The fourth-order valence-electron chi connectivity index (χ4n) is 3.90. The normalized spacial score (nSPS) is 14.3. The zero-order valence-electron chi connectivity index (χ0n) is 22.1. The van der Waals surface area contributed by atoms with E-state index in [1.165, 1.54) is 63.5 Å². The van der Waals surface area contributed by atoms with Gasteiger partial charge in [-0.05, 0) is 50.1 Å². The maximum absolute atomic E-state index is 12.1. The summed E-state index contributed by atoms with van der Waals surface area (Å²) in [7, 11) is 0. The molecule has 0 saturated heterocycles. The molecule has 9 heteroatoms. The predicted octanol–water partition coefficient (Wildman–Crippen LogP) is 6.72. The summed E-state index contributed by atoms with van der Waals surface area (Å²) in [5.74, 6) is -0.735. The third-order valence-electron chi connectivity index (χ3n) is 5.94. The lowest BCUT2D eigenvalue weighted by atomic mass is 10.0. The van der Waals surface area contributed by atoms with Gasteiger partial charge in [-0.2, -0.15) is 13.2 Å². The van der Waals surface area contributed by atoms with Crippen LogP contribution >= 0.6 is 0 Å². The molecule has 1 aromatic heterocycles. The van der Waals surface area contributed by atoms with Crippen molar-refractivity contribution in [2.75, 3.05) is 19.8 Å². The Morgan fingerprint density at radius 2 is 1.72 bits per heavy atom. The summed E-state index contributed by atoms with van der Waals surface area (Å²) >= 11 is 0. The molecular weight excluding hydrogens is 473 g/mol. The molecule has 0 spiro atoms. The maximum Gasteiger partial charge on any atom is 0.422 e. The van der Waals surface area contributed by atoms with E-state index >= 15 is 0 Å². The number of alkyl halides is 3. The lowest BCUT2D eigenvalue weighted by Crippen LogP contribution is -2.34. The molecule has 0 aromatic carbocycles. The van der Waals surface area contributed by atoms with Crippen LogP contribution in [0.3, 0.4) is 0 Å².